The van der Waals surface area contributed by atoms with Crippen LogP contribution in [-0.4, -0.2) is 84.4 Å². The van der Waals surface area contributed by atoms with E-state index in [0.29, 0.717) is 30.6 Å². The first-order valence-corrected chi connectivity index (χ1v) is 11.0. The maximum Gasteiger partial charge on any atom is 0.292 e. The number of para-hydroxylation sites is 1. The van der Waals surface area contributed by atoms with Crippen molar-refractivity contribution in [2.75, 3.05) is 52.5 Å². The lowest BCUT2D eigenvalue weighted by Gasteiger charge is -2.26. The maximum absolute atomic E-state index is 12.9. The van der Waals surface area contributed by atoms with Gasteiger partial charge < -0.3 is 19.5 Å². The van der Waals surface area contributed by atoms with Crippen LogP contribution in [0.2, 0.25) is 0 Å². The van der Waals surface area contributed by atoms with E-state index in [0.717, 1.165) is 44.8 Å². The van der Waals surface area contributed by atoms with Crippen molar-refractivity contribution in [3.05, 3.63) is 36.0 Å². The molecule has 1 aromatic carbocycles. The van der Waals surface area contributed by atoms with Crippen molar-refractivity contribution in [3.8, 4) is 0 Å². The molecule has 0 aliphatic carbocycles. The molecule has 0 radical (unpaired) electrons. The number of amides is 2. The molecule has 2 aromatic rings. The number of Topliss-reactive ketones (excluding diaryl/α,β-unsaturated/α-hetero) is 1. The smallest absolute Gasteiger partial charge is 0.292 e. The molecule has 1 aliphatic heterocycles. The van der Waals surface area contributed by atoms with Crippen molar-refractivity contribution < 1.29 is 19.1 Å². The molecule has 1 aromatic heterocycles. The molecule has 0 saturated carbocycles. The van der Waals surface area contributed by atoms with Crippen LogP contribution in [0.1, 0.15) is 30.6 Å². The number of carbonyl (C=O) groups is 3. The topological polar surface area (TPSA) is 83.9 Å². The first-order chi connectivity index (χ1) is 15.0. The van der Waals surface area contributed by atoms with E-state index in [2.05, 4.69) is 10.2 Å². The molecule has 31 heavy (non-hydrogen) atoms. The van der Waals surface area contributed by atoms with Gasteiger partial charge in [0.25, 0.3) is 11.7 Å². The van der Waals surface area contributed by atoms with Crippen LogP contribution < -0.4 is 5.32 Å². The van der Waals surface area contributed by atoms with E-state index in [1.165, 1.54) is 0 Å². The molecular weight excluding hydrogens is 396 g/mol. The molecule has 2 heterocycles. The fourth-order valence-electron chi connectivity index (χ4n) is 3.91. The largest absolute Gasteiger partial charge is 0.379 e. The van der Waals surface area contributed by atoms with E-state index in [9.17, 15) is 14.4 Å². The van der Waals surface area contributed by atoms with Gasteiger partial charge >= 0.3 is 0 Å². The number of carbonyl (C=O) groups excluding carboxylic acids is 3. The van der Waals surface area contributed by atoms with Crippen molar-refractivity contribution in [3.63, 3.8) is 0 Å². The van der Waals surface area contributed by atoms with Crippen LogP contribution in [0.3, 0.4) is 0 Å². The van der Waals surface area contributed by atoms with Crippen LogP contribution in [0.5, 0.6) is 0 Å². The van der Waals surface area contributed by atoms with Crippen LogP contribution in [-0.2, 0) is 20.9 Å². The normalized spacial score (nSPS) is 14.5. The van der Waals surface area contributed by atoms with Gasteiger partial charge in [-0.05, 0) is 32.9 Å². The molecule has 0 spiro atoms. The van der Waals surface area contributed by atoms with E-state index < -0.39 is 11.7 Å². The zero-order valence-electron chi connectivity index (χ0n) is 18.4. The summed E-state index contributed by atoms with van der Waals surface area (Å²) in [5.41, 5.74) is 1.10. The number of benzene rings is 1. The molecule has 8 heteroatoms. The van der Waals surface area contributed by atoms with Gasteiger partial charge in [0, 0.05) is 49.8 Å². The van der Waals surface area contributed by atoms with Gasteiger partial charge in [0.05, 0.1) is 18.8 Å². The number of ether oxygens (including phenoxy) is 1. The van der Waals surface area contributed by atoms with E-state index in [1.807, 2.05) is 38.1 Å². The number of nitrogens with one attached hydrogen (secondary N) is 1. The SMILES string of the molecule is CCN(CC)C(=O)Cn1cc(C(=O)C(=O)NCCCN2CCOCC2)c2ccccc21. The van der Waals surface area contributed by atoms with Crippen LogP contribution in [0, 0.1) is 0 Å². The summed E-state index contributed by atoms with van der Waals surface area (Å²) < 4.78 is 7.09. The summed E-state index contributed by atoms with van der Waals surface area (Å²) in [4.78, 5) is 41.9. The number of rotatable bonds is 10. The second-order valence-electron chi connectivity index (χ2n) is 7.65. The van der Waals surface area contributed by atoms with Crippen molar-refractivity contribution in [1.29, 1.82) is 0 Å². The first kappa shape index (κ1) is 23.0. The summed E-state index contributed by atoms with van der Waals surface area (Å²) in [6.07, 6.45) is 2.40. The van der Waals surface area contributed by atoms with E-state index >= 15 is 0 Å². The standard InChI is InChI=1S/C23H32N4O4/c1-3-26(4-2)21(28)17-27-16-19(18-8-5-6-9-20(18)27)22(29)23(30)24-10-7-11-25-12-14-31-15-13-25/h5-6,8-9,16H,3-4,7,10-15,17H2,1-2H3,(H,24,30). The first-order valence-electron chi connectivity index (χ1n) is 11.0. The highest BCUT2D eigenvalue weighted by molar-refractivity contribution is 6.45. The Bertz CT molecular complexity index is 913. The Balaban J connectivity index is 1.64. The number of hydrogen-bond acceptors (Lipinski definition) is 5. The van der Waals surface area contributed by atoms with Gasteiger partial charge in [-0.15, -0.1) is 0 Å². The molecule has 1 saturated heterocycles. The zero-order chi connectivity index (χ0) is 22.2. The second-order valence-corrected chi connectivity index (χ2v) is 7.65. The number of ketones is 1. The summed E-state index contributed by atoms with van der Waals surface area (Å²) in [6, 6.07) is 7.37. The minimum absolute atomic E-state index is 0.0164. The zero-order valence-corrected chi connectivity index (χ0v) is 18.4. The fraction of sp³-hybridized carbons (Fsp3) is 0.522. The lowest BCUT2D eigenvalue weighted by atomic mass is 10.1. The summed E-state index contributed by atoms with van der Waals surface area (Å²) >= 11 is 0. The van der Waals surface area contributed by atoms with Crippen molar-refractivity contribution in [2.45, 2.75) is 26.8 Å². The third-order valence-corrected chi connectivity index (χ3v) is 5.70. The number of morpholine rings is 1. The Morgan fingerprint density at radius 1 is 1.10 bits per heavy atom. The van der Waals surface area contributed by atoms with Crippen LogP contribution in [0.15, 0.2) is 30.5 Å². The number of nitrogens with zero attached hydrogens (tertiary/aromatic N) is 3. The van der Waals surface area contributed by atoms with Crippen molar-refractivity contribution in [1.82, 2.24) is 19.7 Å². The van der Waals surface area contributed by atoms with Crippen LogP contribution >= 0.6 is 0 Å². The van der Waals surface area contributed by atoms with Crippen molar-refractivity contribution in [2.24, 2.45) is 0 Å². The molecular formula is C23H32N4O4. The third kappa shape index (κ3) is 5.71. The fourth-order valence-corrected chi connectivity index (χ4v) is 3.91. The van der Waals surface area contributed by atoms with E-state index in [1.54, 1.807) is 15.7 Å². The summed E-state index contributed by atoms with van der Waals surface area (Å²) in [5.74, 6) is -1.20. The van der Waals surface area contributed by atoms with Gasteiger partial charge in [0.15, 0.2) is 0 Å². The highest BCUT2D eigenvalue weighted by Gasteiger charge is 2.22. The maximum atomic E-state index is 12.9. The van der Waals surface area contributed by atoms with Crippen LogP contribution in [0.25, 0.3) is 10.9 Å². The number of aromatic nitrogens is 1. The molecule has 8 nitrogen and oxygen atoms in total. The Morgan fingerprint density at radius 3 is 2.52 bits per heavy atom. The minimum atomic E-state index is -0.611. The van der Waals surface area contributed by atoms with Gasteiger partial charge in [-0.25, -0.2) is 0 Å². The predicted octanol–water partition coefficient (Wildman–Crippen LogP) is 1.53. The lowest BCUT2D eigenvalue weighted by Crippen LogP contribution is -2.38. The second kappa shape index (κ2) is 11.1. The Hall–Kier alpha value is -2.71. The van der Waals surface area contributed by atoms with E-state index in [-0.39, 0.29) is 12.5 Å². The van der Waals surface area contributed by atoms with Gasteiger partial charge in [0.2, 0.25) is 5.91 Å². The average molecular weight is 429 g/mol. The summed E-state index contributed by atoms with van der Waals surface area (Å²) in [6.45, 7) is 9.87. The molecule has 1 aliphatic rings. The van der Waals surface area contributed by atoms with Crippen LogP contribution in [0.4, 0.5) is 0 Å². The molecule has 168 valence electrons. The average Bonchev–Trinajstić information content (AvgIpc) is 3.16. The molecule has 1 fully saturated rings. The summed E-state index contributed by atoms with van der Waals surface area (Å²) in [7, 11) is 0. The Labute approximate surface area is 183 Å². The van der Waals surface area contributed by atoms with Gasteiger partial charge in [-0.1, -0.05) is 18.2 Å². The van der Waals surface area contributed by atoms with Crippen molar-refractivity contribution >= 4 is 28.5 Å². The Morgan fingerprint density at radius 2 is 1.81 bits per heavy atom. The number of fused-ring (bicyclic) bond motifs is 1. The van der Waals surface area contributed by atoms with Gasteiger partial charge in [-0.3, -0.25) is 19.3 Å². The Kier molecular flexibility index (Phi) is 8.20. The van der Waals surface area contributed by atoms with Gasteiger partial charge in [0.1, 0.15) is 6.54 Å². The highest BCUT2D eigenvalue weighted by atomic mass is 16.5. The lowest BCUT2D eigenvalue weighted by molar-refractivity contribution is -0.131. The number of hydrogen-bond donors (Lipinski definition) is 1. The molecule has 2 amide bonds. The predicted molar refractivity (Wildman–Crippen MR) is 119 cm³/mol. The highest BCUT2D eigenvalue weighted by Crippen LogP contribution is 2.22. The molecule has 0 unspecified atom stereocenters. The molecule has 0 atom stereocenters. The molecule has 1 N–H and O–H groups in total. The molecule has 0 bridgehead atoms. The third-order valence-electron chi connectivity index (χ3n) is 5.70. The van der Waals surface area contributed by atoms with Gasteiger partial charge in [-0.2, -0.15) is 0 Å². The van der Waals surface area contributed by atoms with E-state index in [4.69, 9.17) is 4.74 Å². The minimum Gasteiger partial charge on any atom is -0.379 e. The molecule has 3 rings (SSSR count). The number of likely N-dealkylation sites (N-methyl/N-ethyl adjacent to an activating group) is 1. The monoisotopic (exact) mass is 428 g/mol. The quantitative estimate of drug-likeness (QED) is 0.353. The summed E-state index contributed by atoms with van der Waals surface area (Å²) in [5, 5.41) is 3.42.